The number of aryl methyl sites for hydroxylation is 1. The van der Waals surface area contributed by atoms with E-state index in [1.54, 1.807) is 31.2 Å². The first kappa shape index (κ1) is 16.4. The topological polar surface area (TPSA) is 105 Å². The normalized spacial score (nSPS) is 19.1. The number of para-hydroxylation sites is 1. The first-order valence-electron chi connectivity index (χ1n) is 7.53. The van der Waals surface area contributed by atoms with E-state index in [9.17, 15) is 18.0 Å². The van der Waals surface area contributed by atoms with E-state index in [0.29, 0.717) is 22.2 Å². The number of nitrogens with zero attached hydrogens (tertiary/aromatic N) is 1. The largest absolute Gasteiger partial charge is 0.273 e. The predicted octanol–water partition coefficient (Wildman–Crippen LogP) is 0.739. The Bertz CT molecular complexity index is 924. The Morgan fingerprint density at radius 1 is 1.21 bits per heavy atom. The summed E-state index contributed by atoms with van der Waals surface area (Å²) >= 11 is 0. The van der Waals surface area contributed by atoms with Crippen LogP contribution in [-0.4, -0.2) is 36.7 Å². The van der Waals surface area contributed by atoms with Crippen molar-refractivity contribution < 1.29 is 18.0 Å². The van der Waals surface area contributed by atoms with E-state index >= 15 is 0 Å². The van der Waals surface area contributed by atoms with Gasteiger partial charge < -0.3 is 0 Å². The van der Waals surface area contributed by atoms with Crippen molar-refractivity contribution in [2.24, 2.45) is 5.92 Å². The Morgan fingerprint density at radius 3 is 2.67 bits per heavy atom. The molecule has 0 saturated carbocycles. The maximum absolute atomic E-state index is 12.4. The Kier molecular flexibility index (Phi) is 4.23. The van der Waals surface area contributed by atoms with Crippen molar-refractivity contribution in [2.75, 3.05) is 11.5 Å². The Labute approximate surface area is 139 Å². The van der Waals surface area contributed by atoms with Gasteiger partial charge in [0.15, 0.2) is 9.84 Å². The minimum absolute atomic E-state index is 0.00716. The van der Waals surface area contributed by atoms with Crippen LogP contribution < -0.4 is 10.9 Å². The molecule has 1 aromatic heterocycles. The van der Waals surface area contributed by atoms with Crippen LogP contribution in [0.2, 0.25) is 0 Å². The molecule has 24 heavy (non-hydrogen) atoms. The number of hydrogen-bond donors (Lipinski definition) is 2. The number of amides is 2. The van der Waals surface area contributed by atoms with E-state index in [-0.39, 0.29) is 17.9 Å². The number of hydrogen-bond acceptors (Lipinski definition) is 5. The van der Waals surface area contributed by atoms with E-state index in [0.717, 1.165) is 0 Å². The molecule has 0 aliphatic carbocycles. The van der Waals surface area contributed by atoms with Gasteiger partial charge in [-0.1, -0.05) is 18.2 Å². The molecule has 0 bridgehead atoms. The van der Waals surface area contributed by atoms with Crippen molar-refractivity contribution in [1.82, 2.24) is 15.8 Å². The third-order valence-electron chi connectivity index (χ3n) is 3.99. The molecule has 7 nitrogen and oxygen atoms in total. The molecule has 2 amide bonds. The zero-order valence-electron chi connectivity index (χ0n) is 13.1. The van der Waals surface area contributed by atoms with Crippen LogP contribution in [0.15, 0.2) is 30.3 Å². The minimum atomic E-state index is -3.15. The van der Waals surface area contributed by atoms with E-state index in [1.165, 1.54) is 0 Å². The number of carbonyl (C=O) groups excluding carboxylic acids is 2. The summed E-state index contributed by atoms with van der Waals surface area (Å²) in [5.41, 5.74) is 6.46. The molecule has 1 saturated heterocycles. The van der Waals surface area contributed by atoms with Crippen LogP contribution in [-0.2, 0) is 14.6 Å². The van der Waals surface area contributed by atoms with E-state index < -0.39 is 27.6 Å². The third kappa shape index (κ3) is 3.38. The molecule has 1 aliphatic rings. The fourth-order valence-corrected chi connectivity index (χ4v) is 4.53. The van der Waals surface area contributed by atoms with Gasteiger partial charge in [-0.25, -0.2) is 8.42 Å². The second kappa shape index (κ2) is 6.20. The van der Waals surface area contributed by atoms with E-state index in [2.05, 4.69) is 15.8 Å². The fraction of sp³-hybridized carbons (Fsp3) is 0.312. The van der Waals surface area contributed by atoms with Crippen LogP contribution >= 0.6 is 0 Å². The molecule has 2 heterocycles. The second-order valence-corrected chi connectivity index (χ2v) is 8.10. The van der Waals surface area contributed by atoms with Gasteiger partial charge in [0.1, 0.15) is 0 Å². The molecule has 8 heteroatoms. The number of carbonyl (C=O) groups is 2. The first-order chi connectivity index (χ1) is 11.4. The third-order valence-corrected chi connectivity index (χ3v) is 5.76. The number of benzene rings is 1. The van der Waals surface area contributed by atoms with Crippen LogP contribution in [0.25, 0.3) is 10.9 Å². The van der Waals surface area contributed by atoms with Gasteiger partial charge in [-0.05, 0) is 25.5 Å². The molecule has 0 radical (unpaired) electrons. The number of sulfone groups is 1. The summed E-state index contributed by atoms with van der Waals surface area (Å²) in [6.45, 7) is 1.78. The lowest BCUT2D eigenvalue weighted by Crippen LogP contribution is -2.45. The standard InChI is InChI=1S/C16H17N3O4S/c1-10-8-13(12-4-2-3-5-14(12)17-10)16(21)19-18-15(20)11-6-7-24(22,23)9-11/h2-5,8,11H,6-7,9H2,1H3,(H,18,20)(H,19,21)/t11-/m0/s1. The van der Waals surface area contributed by atoms with Crippen LogP contribution in [0.3, 0.4) is 0 Å². The van der Waals surface area contributed by atoms with Crippen molar-refractivity contribution in [1.29, 1.82) is 0 Å². The van der Waals surface area contributed by atoms with Gasteiger partial charge in [-0.3, -0.25) is 25.4 Å². The van der Waals surface area contributed by atoms with Crippen molar-refractivity contribution in [2.45, 2.75) is 13.3 Å². The van der Waals surface area contributed by atoms with Gasteiger partial charge in [0.25, 0.3) is 5.91 Å². The summed E-state index contributed by atoms with van der Waals surface area (Å²) < 4.78 is 22.8. The zero-order chi connectivity index (χ0) is 17.3. The van der Waals surface area contributed by atoms with Gasteiger partial charge in [0.2, 0.25) is 5.91 Å². The number of hydrazine groups is 1. The summed E-state index contributed by atoms with van der Waals surface area (Å²) in [5, 5.41) is 0.679. The lowest BCUT2D eigenvalue weighted by atomic mass is 10.1. The molecule has 1 aliphatic heterocycles. The minimum Gasteiger partial charge on any atom is -0.273 e. The smallest absolute Gasteiger partial charge is 0.270 e. The lowest BCUT2D eigenvalue weighted by molar-refractivity contribution is -0.125. The highest BCUT2D eigenvalue weighted by atomic mass is 32.2. The maximum Gasteiger partial charge on any atom is 0.270 e. The van der Waals surface area contributed by atoms with Crippen LogP contribution in [0, 0.1) is 12.8 Å². The second-order valence-electron chi connectivity index (χ2n) is 5.87. The summed E-state index contributed by atoms with van der Waals surface area (Å²) in [4.78, 5) is 28.7. The number of fused-ring (bicyclic) bond motifs is 1. The van der Waals surface area contributed by atoms with Crippen molar-refractivity contribution >= 4 is 32.6 Å². The molecular weight excluding hydrogens is 330 g/mol. The summed E-state index contributed by atoms with van der Waals surface area (Å²) in [6, 6.07) is 8.86. The molecule has 0 spiro atoms. The van der Waals surface area contributed by atoms with Gasteiger partial charge in [0, 0.05) is 11.1 Å². The average Bonchev–Trinajstić information content (AvgIpc) is 2.91. The highest BCUT2D eigenvalue weighted by Crippen LogP contribution is 2.19. The quantitative estimate of drug-likeness (QED) is 0.780. The number of rotatable bonds is 2. The molecule has 1 atom stereocenters. The fourth-order valence-electron chi connectivity index (χ4n) is 2.79. The highest BCUT2D eigenvalue weighted by molar-refractivity contribution is 7.91. The molecule has 2 aromatic rings. The molecule has 1 aromatic carbocycles. The Hall–Kier alpha value is -2.48. The van der Waals surface area contributed by atoms with Crippen molar-refractivity contribution in [3.05, 3.63) is 41.6 Å². The number of nitrogens with one attached hydrogen (secondary N) is 2. The van der Waals surface area contributed by atoms with Gasteiger partial charge >= 0.3 is 0 Å². The van der Waals surface area contributed by atoms with Crippen LogP contribution in [0.4, 0.5) is 0 Å². The average molecular weight is 347 g/mol. The van der Waals surface area contributed by atoms with Gasteiger partial charge in [-0.2, -0.15) is 0 Å². The van der Waals surface area contributed by atoms with E-state index in [1.807, 2.05) is 6.07 Å². The Balaban J connectivity index is 1.73. The zero-order valence-corrected chi connectivity index (χ0v) is 13.9. The highest BCUT2D eigenvalue weighted by Gasteiger charge is 2.33. The maximum atomic E-state index is 12.4. The molecule has 3 rings (SSSR count). The van der Waals surface area contributed by atoms with Gasteiger partial charge in [-0.15, -0.1) is 0 Å². The van der Waals surface area contributed by atoms with Crippen LogP contribution in [0.1, 0.15) is 22.5 Å². The Morgan fingerprint density at radius 2 is 1.96 bits per heavy atom. The molecule has 126 valence electrons. The summed E-state index contributed by atoms with van der Waals surface area (Å²) in [6.07, 6.45) is 0.279. The molecular formula is C16H17N3O4S. The molecule has 0 unspecified atom stereocenters. The SMILES string of the molecule is Cc1cc(C(=O)NNC(=O)[C@H]2CCS(=O)(=O)C2)c2ccccc2n1. The predicted molar refractivity (Wildman–Crippen MR) is 88.8 cm³/mol. The van der Waals surface area contributed by atoms with E-state index in [4.69, 9.17) is 0 Å². The summed E-state index contributed by atoms with van der Waals surface area (Å²) in [7, 11) is -3.15. The lowest BCUT2D eigenvalue weighted by Gasteiger charge is -2.12. The van der Waals surface area contributed by atoms with Gasteiger partial charge in [0.05, 0.1) is 28.5 Å². The van der Waals surface area contributed by atoms with Crippen molar-refractivity contribution in [3.63, 3.8) is 0 Å². The number of aromatic nitrogens is 1. The first-order valence-corrected chi connectivity index (χ1v) is 9.35. The van der Waals surface area contributed by atoms with Crippen molar-refractivity contribution in [3.8, 4) is 0 Å². The van der Waals surface area contributed by atoms with Crippen LogP contribution in [0.5, 0.6) is 0 Å². The molecule has 1 fully saturated rings. The monoisotopic (exact) mass is 347 g/mol. The number of pyridine rings is 1. The summed E-state index contributed by atoms with van der Waals surface area (Å²) in [5.74, 6) is -1.74. The molecule has 2 N–H and O–H groups in total.